The van der Waals surface area contributed by atoms with Gasteiger partial charge in [-0.05, 0) is 0 Å². The van der Waals surface area contributed by atoms with Crippen molar-refractivity contribution in [3.63, 3.8) is 0 Å². The number of aromatic nitrogens is 4. The van der Waals surface area contributed by atoms with Crippen LogP contribution >= 0.6 is 15.9 Å². The first-order chi connectivity index (χ1) is 13.5. The molecule has 0 atom stereocenters. The van der Waals surface area contributed by atoms with Crippen molar-refractivity contribution in [1.82, 2.24) is 14.1 Å². The average molecular weight is 543 g/mol. The molecule has 0 aliphatic rings. The largest absolute Gasteiger partial charge is 1.00 e. The highest BCUT2D eigenvalue weighted by molar-refractivity contribution is 9.09. The van der Waals surface area contributed by atoms with E-state index in [1.807, 2.05) is 48.1 Å². The lowest BCUT2D eigenvalue weighted by Crippen LogP contribution is -3.00. The monoisotopic (exact) mass is 541 g/mol. The summed E-state index contributed by atoms with van der Waals surface area (Å²) >= 11 is 3.20. The first-order valence-electron chi connectivity index (χ1n) is 8.48. The maximum atomic E-state index is 7.32. The first kappa shape index (κ1) is 32.4. The van der Waals surface area contributed by atoms with Gasteiger partial charge in [-0.15, -0.1) is 0 Å². The maximum absolute atomic E-state index is 7.32. The van der Waals surface area contributed by atoms with Gasteiger partial charge >= 0.3 is 0 Å². The number of halogens is 2. The van der Waals surface area contributed by atoms with Gasteiger partial charge in [0, 0.05) is 45.9 Å². The van der Waals surface area contributed by atoms with Crippen LogP contribution in [0.25, 0.3) is 0 Å². The van der Waals surface area contributed by atoms with Crippen molar-refractivity contribution in [3.05, 3.63) is 37.4 Å². The highest BCUT2D eigenvalue weighted by atomic mass is 79.9. The summed E-state index contributed by atoms with van der Waals surface area (Å²) in [7, 11) is 7.16. The Morgan fingerprint density at radius 2 is 1.72 bits per heavy atom. The predicted octanol–water partition coefficient (Wildman–Crippen LogP) is -1.11. The van der Waals surface area contributed by atoms with E-state index in [-0.39, 0.29) is 17.0 Å². The molecule has 29 heavy (non-hydrogen) atoms. The van der Waals surface area contributed by atoms with Crippen LogP contribution < -0.4 is 21.5 Å². The molecule has 2 heterocycles. The quantitative estimate of drug-likeness (QED) is 0.173. The number of rotatable bonds is 9. The molecular weight excluding hydrogens is 510 g/mol. The van der Waals surface area contributed by atoms with E-state index in [0.29, 0.717) is 26.8 Å². The summed E-state index contributed by atoms with van der Waals surface area (Å²) in [5, 5.41) is 8.19. The smallest absolute Gasteiger partial charge is 0.243 e. The highest BCUT2D eigenvalue weighted by Gasteiger charge is 1.98. The van der Waals surface area contributed by atoms with Crippen LogP contribution in [-0.2, 0) is 39.6 Å². The van der Waals surface area contributed by atoms with Crippen LogP contribution in [0, 0.1) is 11.3 Å². The molecule has 9 nitrogen and oxygen atoms in total. The van der Waals surface area contributed by atoms with Crippen LogP contribution in [0.5, 0.6) is 0 Å². The van der Waals surface area contributed by atoms with Gasteiger partial charge in [0.25, 0.3) is 0 Å². The van der Waals surface area contributed by atoms with Gasteiger partial charge in [-0.1, -0.05) is 15.9 Å². The summed E-state index contributed by atoms with van der Waals surface area (Å²) in [4.78, 5) is 3.78. The van der Waals surface area contributed by atoms with Gasteiger partial charge in [-0.3, -0.25) is 0 Å². The molecule has 0 aromatic carbocycles. The Morgan fingerprint density at radius 1 is 1.14 bits per heavy atom. The molecule has 0 fully saturated rings. The Bertz CT molecular complexity index is 573. The third kappa shape index (κ3) is 26.7. The van der Waals surface area contributed by atoms with Crippen molar-refractivity contribution >= 4 is 15.9 Å². The number of hydrogen-bond donors (Lipinski definition) is 0. The van der Waals surface area contributed by atoms with Gasteiger partial charge < -0.3 is 40.5 Å². The first-order valence-corrected chi connectivity index (χ1v) is 9.60. The lowest BCUT2D eigenvalue weighted by molar-refractivity contribution is -0.671. The van der Waals surface area contributed by atoms with E-state index >= 15 is 0 Å². The summed E-state index contributed by atoms with van der Waals surface area (Å²) in [6.07, 6.45) is 11.4. The number of nitriles is 1. The van der Waals surface area contributed by atoms with Crippen LogP contribution in [0.15, 0.2) is 37.4 Å². The molecule has 0 saturated carbocycles. The molecule has 2 aromatic rings. The topological polar surface area (TPSA) is 87.3 Å². The number of imidazole rings is 2. The van der Waals surface area contributed by atoms with Gasteiger partial charge in [-0.25, -0.2) is 14.1 Å². The zero-order valence-electron chi connectivity index (χ0n) is 17.8. The fourth-order valence-electron chi connectivity index (χ4n) is 1.47. The standard InChI is InChI=1S/C8H15N2O2.C4H9BrO2.C4H6N2.C2H3N.BrH/c1-9-3-4-10(7-9)5-6-12-8-11-2;1-6-4-7-3-2-5;1-6-3-2-5-4-6;1-2-3;/h3-4,7H,5-6,8H2,1-2H3;2-4H2,1H3;2-4H,1H3;1H3;1H/q+1;;;;/p-1. The SMILES string of the molecule is CC#N.COCOCCBr.COCOCCn1cc[n+](C)c1.Cn1ccnc1.[Br-]. The summed E-state index contributed by atoms with van der Waals surface area (Å²) in [6, 6.07) is 1.75. The predicted molar refractivity (Wildman–Crippen MR) is 110 cm³/mol. The molecule has 168 valence electrons. The third-order valence-electron chi connectivity index (χ3n) is 2.58. The summed E-state index contributed by atoms with van der Waals surface area (Å²) < 4.78 is 25.3. The number of hydrogen-bond acceptors (Lipinski definition) is 6. The van der Waals surface area contributed by atoms with E-state index in [1.54, 1.807) is 32.8 Å². The van der Waals surface area contributed by atoms with Gasteiger partial charge in [0.1, 0.15) is 32.5 Å². The molecule has 0 unspecified atom stereocenters. The average Bonchev–Trinajstić information content (AvgIpc) is 3.32. The van der Waals surface area contributed by atoms with Crippen molar-refractivity contribution < 1.29 is 40.5 Å². The molecule has 0 saturated heterocycles. The number of methoxy groups -OCH3 is 2. The van der Waals surface area contributed by atoms with Crippen molar-refractivity contribution in [3.8, 4) is 6.07 Å². The second-order valence-corrected chi connectivity index (χ2v) is 5.88. The maximum Gasteiger partial charge on any atom is 0.243 e. The zero-order chi connectivity index (χ0) is 21.5. The molecule has 0 amide bonds. The van der Waals surface area contributed by atoms with E-state index in [4.69, 9.17) is 19.5 Å². The Labute approximate surface area is 193 Å². The second kappa shape index (κ2) is 26.7. The third-order valence-corrected chi connectivity index (χ3v) is 2.90. The molecule has 0 N–H and O–H groups in total. The molecule has 2 rings (SSSR count). The van der Waals surface area contributed by atoms with Crippen LogP contribution in [0.1, 0.15) is 6.92 Å². The van der Waals surface area contributed by atoms with Crippen LogP contribution in [-0.4, -0.2) is 60.5 Å². The Hall–Kier alpha value is -1.29. The van der Waals surface area contributed by atoms with Crippen molar-refractivity contribution in [2.24, 2.45) is 14.1 Å². The molecule has 0 spiro atoms. The van der Waals surface area contributed by atoms with Gasteiger partial charge in [0.05, 0.1) is 32.7 Å². The molecule has 0 radical (unpaired) electrons. The van der Waals surface area contributed by atoms with Crippen molar-refractivity contribution in [2.45, 2.75) is 13.5 Å². The fraction of sp³-hybridized carbons (Fsp3) is 0.611. The summed E-state index contributed by atoms with van der Waals surface area (Å²) in [6.45, 7) is 4.46. The van der Waals surface area contributed by atoms with Gasteiger partial charge in [0.2, 0.25) is 6.33 Å². The van der Waals surface area contributed by atoms with Crippen LogP contribution in [0.4, 0.5) is 0 Å². The minimum absolute atomic E-state index is 0. The van der Waals surface area contributed by atoms with Gasteiger partial charge in [-0.2, -0.15) is 5.26 Å². The normalized spacial score (nSPS) is 8.72. The Morgan fingerprint density at radius 3 is 2.07 bits per heavy atom. The van der Waals surface area contributed by atoms with Gasteiger partial charge in [0.15, 0.2) is 0 Å². The number of aryl methyl sites for hydroxylation is 2. The lowest BCUT2D eigenvalue weighted by atomic mass is 10.7. The molecule has 11 heteroatoms. The van der Waals surface area contributed by atoms with Crippen molar-refractivity contribution in [2.75, 3.05) is 46.3 Å². The number of ether oxygens (including phenoxy) is 4. The second-order valence-electron chi connectivity index (χ2n) is 5.09. The minimum atomic E-state index is 0. The minimum Gasteiger partial charge on any atom is -1.00 e. The van der Waals surface area contributed by atoms with E-state index in [9.17, 15) is 0 Å². The molecule has 0 aliphatic heterocycles. The summed E-state index contributed by atoms with van der Waals surface area (Å²) in [5.41, 5.74) is 0. The van der Waals surface area contributed by atoms with E-state index in [1.165, 1.54) is 6.92 Å². The Kier molecular flexibility index (Phi) is 29.8. The Balaban J connectivity index is -0.000000342. The summed E-state index contributed by atoms with van der Waals surface area (Å²) in [5.74, 6) is 0. The van der Waals surface area contributed by atoms with E-state index in [2.05, 4.69) is 30.2 Å². The molecule has 0 bridgehead atoms. The fourth-order valence-corrected chi connectivity index (χ4v) is 1.70. The van der Waals surface area contributed by atoms with Crippen molar-refractivity contribution in [1.29, 1.82) is 5.26 Å². The zero-order valence-corrected chi connectivity index (χ0v) is 21.0. The molecule has 0 aliphatic carbocycles. The van der Waals surface area contributed by atoms with E-state index in [0.717, 1.165) is 11.9 Å². The van der Waals surface area contributed by atoms with Crippen LogP contribution in [0.2, 0.25) is 0 Å². The number of nitrogens with zero attached hydrogens (tertiary/aromatic N) is 5. The van der Waals surface area contributed by atoms with E-state index < -0.39 is 0 Å². The molecule has 2 aromatic heterocycles. The lowest BCUT2D eigenvalue weighted by Gasteiger charge is -1.99. The number of alkyl halides is 1. The highest BCUT2D eigenvalue weighted by Crippen LogP contribution is 1.85. The molecular formula is C18H33Br2N5O4. The van der Waals surface area contributed by atoms with Crippen LogP contribution in [0.3, 0.4) is 0 Å².